The number of para-hydroxylation sites is 1. The van der Waals surface area contributed by atoms with E-state index in [0.29, 0.717) is 6.54 Å². The molecule has 1 amide bonds. The number of fused-ring (bicyclic) bond motifs is 1. The minimum Gasteiger partial charge on any atom is -0.350 e. The van der Waals surface area contributed by atoms with Gasteiger partial charge >= 0.3 is 5.97 Å². The topological polar surface area (TPSA) is 61.9 Å². The second kappa shape index (κ2) is 10.2. The van der Waals surface area contributed by atoms with Crippen LogP contribution >= 0.6 is 0 Å². The first-order valence-electron chi connectivity index (χ1n) is 12.6. The molecule has 2 heterocycles. The summed E-state index contributed by atoms with van der Waals surface area (Å²) < 4.78 is 0. The van der Waals surface area contributed by atoms with Crippen molar-refractivity contribution in [3.63, 3.8) is 0 Å². The third kappa shape index (κ3) is 4.68. The highest BCUT2D eigenvalue weighted by Gasteiger charge is 2.37. The van der Waals surface area contributed by atoms with Crippen molar-refractivity contribution in [2.24, 2.45) is 5.92 Å². The number of amides is 1. The minimum atomic E-state index is -0.381. The average Bonchev–Trinajstić information content (AvgIpc) is 3.36. The molecule has 182 valence electrons. The molecule has 1 unspecified atom stereocenters. The van der Waals surface area contributed by atoms with Gasteiger partial charge in [0.05, 0.1) is 17.6 Å². The lowest BCUT2D eigenvalue weighted by atomic mass is 9.80. The first kappa shape index (κ1) is 23.5. The van der Waals surface area contributed by atoms with E-state index < -0.39 is 0 Å². The highest BCUT2D eigenvalue weighted by Crippen LogP contribution is 2.40. The van der Waals surface area contributed by atoms with Crippen LogP contribution in [0.2, 0.25) is 0 Å². The fraction of sp³-hybridized carbons (Fsp3) is 0.379. The Hall–Kier alpha value is -3.22. The van der Waals surface area contributed by atoms with Crippen molar-refractivity contribution >= 4 is 17.6 Å². The number of hydrazine groups is 1. The number of rotatable bonds is 3. The molecule has 2 aromatic carbocycles. The quantitative estimate of drug-likeness (QED) is 0.679. The van der Waals surface area contributed by atoms with Crippen molar-refractivity contribution in [1.82, 2.24) is 10.5 Å². The minimum absolute atomic E-state index is 0.0344. The van der Waals surface area contributed by atoms with Crippen LogP contribution in [0, 0.1) is 5.92 Å². The number of hydrogen-bond donors (Lipinski definition) is 1. The van der Waals surface area contributed by atoms with E-state index >= 15 is 0 Å². The largest absolute Gasteiger partial charge is 0.350 e. The molecule has 2 aliphatic heterocycles. The molecule has 35 heavy (non-hydrogen) atoms. The monoisotopic (exact) mass is 471 g/mol. The summed E-state index contributed by atoms with van der Waals surface area (Å²) in [6.45, 7) is 5.61. The first-order valence-corrected chi connectivity index (χ1v) is 12.6. The van der Waals surface area contributed by atoms with Crippen molar-refractivity contribution in [2.75, 3.05) is 11.6 Å². The first-order chi connectivity index (χ1) is 17.0. The Balaban J connectivity index is 1.51. The molecule has 1 saturated heterocycles. The van der Waals surface area contributed by atoms with Crippen LogP contribution in [0.4, 0.5) is 5.69 Å². The van der Waals surface area contributed by atoms with Gasteiger partial charge in [0.2, 0.25) is 0 Å². The zero-order valence-electron chi connectivity index (χ0n) is 20.4. The summed E-state index contributed by atoms with van der Waals surface area (Å²) in [6, 6.07) is 17.9. The van der Waals surface area contributed by atoms with E-state index in [1.165, 1.54) is 10.6 Å². The van der Waals surface area contributed by atoms with Crippen LogP contribution in [-0.2, 0) is 21.0 Å². The lowest BCUT2D eigenvalue weighted by Gasteiger charge is -2.34. The van der Waals surface area contributed by atoms with E-state index in [1.807, 2.05) is 43.3 Å². The number of anilines is 1. The Morgan fingerprint density at radius 2 is 1.83 bits per heavy atom. The standard InChI is InChI=1S/C29H33N3O3/c1-20-23-13-6-7-14-24(23)21(2)29(34)35-30-32(26-16-9-8-15-25(20)26)28(33)27-17-10-18-31(27)19-22-11-4-3-5-12-22/h3-6,8-9,11-13,15-16,20-21,27,30H,7,10,14,17-19H2,1-2H3/t20?,21-,27-/m0/s1. The Morgan fingerprint density at radius 3 is 2.66 bits per heavy atom. The van der Waals surface area contributed by atoms with Crippen LogP contribution in [0.3, 0.4) is 0 Å². The van der Waals surface area contributed by atoms with Crippen LogP contribution in [0.25, 0.3) is 0 Å². The molecule has 0 aromatic heterocycles. The van der Waals surface area contributed by atoms with E-state index in [4.69, 9.17) is 4.84 Å². The number of hydrogen-bond acceptors (Lipinski definition) is 5. The lowest BCUT2D eigenvalue weighted by Crippen LogP contribution is -2.53. The molecular weight excluding hydrogens is 438 g/mol. The van der Waals surface area contributed by atoms with Crippen molar-refractivity contribution in [2.45, 2.75) is 58.0 Å². The molecule has 0 bridgehead atoms. The third-order valence-electron chi connectivity index (χ3n) is 7.57. The Kier molecular flexibility index (Phi) is 6.84. The highest BCUT2D eigenvalue weighted by molar-refractivity contribution is 5.97. The summed E-state index contributed by atoms with van der Waals surface area (Å²) in [4.78, 5) is 34.8. The maximum Gasteiger partial charge on any atom is 0.333 e. The van der Waals surface area contributed by atoms with E-state index in [1.54, 1.807) is 0 Å². The fourth-order valence-corrected chi connectivity index (χ4v) is 5.61. The zero-order chi connectivity index (χ0) is 24.4. The number of carbonyl (C=O) groups is 2. The average molecular weight is 472 g/mol. The molecule has 3 atom stereocenters. The Labute approximate surface area is 207 Å². The summed E-state index contributed by atoms with van der Waals surface area (Å²) in [5, 5.41) is 1.46. The van der Waals surface area contributed by atoms with E-state index in [2.05, 4.69) is 47.8 Å². The van der Waals surface area contributed by atoms with Gasteiger partial charge in [0.1, 0.15) is 0 Å². The smallest absolute Gasteiger partial charge is 0.333 e. The fourth-order valence-electron chi connectivity index (χ4n) is 5.61. The predicted octanol–water partition coefficient (Wildman–Crippen LogP) is 5.05. The van der Waals surface area contributed by atoms with Gasteiger partial charge in [0, 0.05) is 12.5 Å². The van der Waals surface area contributed by atoms with Gasteiger partial charge in [-0.2, -0.15) is 0 Å². The van der Waals surface area contributed by atoms with Crippen molar-refractivity contribution < 1.29 is 14.4 Å². The van der Waals surface area contributed by atoms with Gasteiger partial charge in [-0.25, -0.2) is 9.80 Å². The van der Waals surface area contributed by atoms with Crippen LogP contribution in [0.5, 0.6) is 0 Å². The van der Waals surface area contributed by atoms with Gasteiger partial charge in [0.25, 0.3) is 5.91 Å². The van der Waals surface area contributed by atoms with Crippen LogP contribution in [0.1, 0.15) is 56.6 Å². The second-order valence-electron chi connectivity index (χ2n) is 9.72. The van der Waals surface area contributed by atoms with Gasteiger partial charge < -0.3 is 4.84 Å². The summed E-state index contributed by atoms with van der Waals surface area (Å²) in [5.41, 5.74) is 7.97. The summed E-state index contributed by atoms with van der Waals surface area (Å²) >= 11 is 0. The van der Waals surface area contributed by atoms with Crippen LogP contribution in [0.15, 0.2) is 77.9 Å². The SMILES string of the molecule is CC1C2=C(CCC=C2)[C@H](C)C(=O)ONN(C(=O)[C@@H]2CCCN2Cc2ccccc2)c2ccccc21. The van der Waals surface area contributed by atoms with Crippen molar-refractivity contribution in [3.8, 4) is 0 Å². The summed E-state index contributed by atoms with van der Waals surface area (Å²) in [7, 11) is 0. The molecule has 1 aliphatic carbocycles. The molecule has 0 spiro atoms. The van der Waals surface area contributed by atoms with E-state index in [0.717, 1.165) is 54.6 Å². The molecule has 2 aromatic rings. The van der Waals surface area contributed by atoms with Gasteiger partial charge in [0.15, 0.2) is 0 Å². The number of likely N-dealkylation sites (tertiary alicyclic amines) is 1. The number of benzene rings is 2. The van der Waals surface area contributed by atoms with Gasteiger partial charge in [-0.3, -0.25) is 9.69 Å². The predicted molar refractivity (Wildman–Crippen MR) is 136 cm³/mol. The van der Waals surface area contributed by atoms with Crippen molar-refractivity contribution in [3.05, 3.63) is 89.0 Å². The molecule has 6 nitrogen and oxygen atoms in total. The van der Waals surface area contributed by atoms with Gasteiger partial charge in [-0.05, 0) is 61.9 Å². The lowest BCUT2D eigenvalue weighted by molar-refractivity contribution is -0.156. The number of allylic oxidation sites excluding steroid dienone is 3. The normalized spacial score (nSPS) is 25.1. The molecule has 0 saturated carbocycles. The molecule has 6 heteroatoms. The maximum atomic E-state index is 14.0. The Bertz CT molecular complexity index is 1160. The van der Waals surface area contributed by atoms with E-state index in [-0.39, 0.29) is 29.8 Å². The molecular formula is C29H33N3O3. The second-order valence-corrected chi connectivity index (χ2v) is 9.72. The molecule has 3 aliphatic rings. The molecule has 5 rings (SSSR count). The molecule has 1 N–H and O–H groups in total. The molecule has 0 radical (unpaired) electrons. The van der Waals surface area contributed by atoms with Crippen molar-refractivity contribution in [1.29, 1.82) is 0 Å². The highest BCUT2D eigenvalue weighted by atomic mass is 16.7. The van der Waals surface area contributed by atoms with Gasteiger partial charge in [-0.15, -0.1) is 0 Å². The van der Waals surface area contributed by atoms with Crippen LogP contribution in [-0.4, -0.2) is 29.4 Å². The number of nitrogens with one attached hydrogen (secondary N) is 1. The van der Waals surface area contributed by atoms with Crippen LogP contribution < -0.4 is 10.6 Å². The number of nitrogens with zero attached hydrogens (tertiary/aromatic N) is 2. The zero-order valence-corrected chi connectivity index (χ0v) is 20.4. The molecule has 1 fully saturated rings. The summed E-state index contributed by atoms with van der Waals surface area (Å²) in [6.07, 6.45) is 7.79. The maximum absolute atomic E-state index is 14.0. The Morgan fingerprint density at radius 1 is 1.06 bits per heavy atom. The van der Waals surface area contributed by atoms with Gasteiger partial charge in [-0.1, -0.05) is 78.8 Å². The number of carbonyl (C=O) groups excluding carboxylic acids is 2. The third-order valence-corrected chi connectivity index (χ3v) is 7.57. The summed E-state index contributed by atoms with van der Waals surface area (Å²) in [5.74, 6) is -0.822. The van der Waals surface area contributed by atoms with E-state index in [9.17, 15) is 9.59 Å².